The van der Waals surface area contributed by atoms with Crippen molar-refractivity contribution in [2.75, 3.05) is 10.5 Å². The summed E-state index contributed by atoms with van der Waals surface area (Å²) >= 11 is 9.05. The van der Waals surface area contributed by atoms with Crippen LogP contribution >= 0.6 is 27.5 Å². The molecule has 8 heteroatoms. The average Bonchev–Trinajstić information content (AvgIpc) is 2.33. The van der Waals surface area contributed by atoms with Crippen LogP contribution in [0.5, 0.6) is 0 Å². The topological polar surface area (TPSA) is 85.1 Å². The molecule has 106 valence electrons. The third-order valence-electron chi connectivity index (χ3n) is 2.54. The van der Waals surface area contributed by atoms with Gasteiger partial charge in [-0.3, -0.25) is 4.72 Å². The van der Waals surface area contributed by atoms with Crippen molar-refractivity contribution in [1.82, 2.24) is 4.98 Å². The van der Waals surface area contributed by atoms with Crippen molar-refractivity contribution in [2.24, 2.45) is 0 Å². The van der Waals surface area contributed by atoms with Crippen molar-refractivity contribution in [3.05, 3.63) is 45.5 Å². The van der Waals surface area contributed by atoms with Crippen LogP contribution in [-0.4, -0.2) is 13.4 Å². The maximum absolute atomic E-state index is 12.3. The standard InChI is InChI=1S/C12H11BrClN3O2S/c1-7-4-9(13)10(15)6-11(7)20(18,19)17-12-5-8(14)2-3-16-12/h2-6H,15H2,1H3,(H,16,17). The predicted molar refractivity (Wildman–Crippen MR) is 83.3 cm³/mol. The second-order valence-corrected chi connectivity index (χ2v) is 7.05. The number of benzene rings is 1. The van der Waals surface area contributed by atoms with Gasteiger partial charge < -0.3 is 5.73 Å². The van der Waals surface area contributed by atoms with Crippen molar-refractivity contribution >= 4 is 49.1 Å². The first kappa shape index (κ1) is 15.1. The normalized spacial score (nSPS) is 11.3. The van der Waals surface area contributed by atoms with E-state index >= 15 is 0 Å². The van der Waals surface area contributed by atoms with Gasteiger partial charge in [-0.25, -0.2) is 13.4 Å². The molecule has 1 aromatic heterocycles. The molecule has 0 amide bonds. The first-order valence-electron chi connectivity index (χ1n) is 5.49. The van der Waals surface area contributed by atoms with E-state index in [0.29, 0.717) is 20.7 Å². The first-order valence-corrected chi connectivity index (χ1v) is 8.15. The Morgan fingerprint density at radius 2 is 2.05 bits per heavy atom. The van der Waals surface area contributed by atoms with Gasteiger partial charge >= 0.3 is 0 Å². The molecule has 2 aromatic rings. The van der Waals surface area contributed by atoms with E-state index in [2.05, 4.69) is 25.6 Å². The third kappa shape index (κ3) is 3.23. The summed E-state index contributed by atoms with van der Waals surface area (Å²) in [4.78, 5) is 4.00. The van der Waals surface area contributed by atoms with Gasteiger partial charge in [0.15, 0.2) is 0 Å². The minimum Gasteiger partial charge on any atom is -0.398 e. The van der Waals surface area contributed by atoms with Crippen molar-refractivity contribution in [3.8, 4) is 0 Å². The minimum atomic E-state index is -3.77. The number of halogens is 2. The Bertz CT molecular complexity index is 765. The Balaban J connectivity index is 2.43. The van der Waals surface area contributed by atoms with Crippen LogP contribution in [0.25, 0.3) is 0 Å². The lowest BCUT2D eigenvalue weighted by Gasteiger charge is -2.11. The van der Waals surface area contributed by atoms with Crippen molar-refractivity contribution in [3.63, 3.8) is 0 Å². The largest absolute Gasteiger partial charge is 0.398 e. The molecule has 0 saturated heterocycles. The number of hydrogen-bond acceptors (Lipinski definition) is 4. The highest BCUT2D eigenvalue weighted by Gasteiger charge is 2.19. The van der Waals surface area contributed by atoms with Crippen LogP contribution in [0.1, 0.15) is 5.56 Å². The van der Waals surface area contributed by atoms with Gasteiger partial charge in [-0.05, 0) is 46.6 Å². The number of hydrogen-bond donors (Lipinski definition) is 2. The highest BCUT2D eigenvalue weighted by molar-refractivity contribution is 9.10. The van der Waals surface area contributed by atoms with E-state index in [1.807, 2.05) is 0 Å². The van der Waals surface area contributed by atoms with Crippen LogP contribution in [0.15, 0.2) is 39.8 Å². The summed E-state index contributed by atoms with van der Waals surface area (Å²) in [5.41, 5.74) is 6.64. The predicted octanol–water partition coefficient (Wildman–Crippen LogP) is 3.19. The van der Waals surface area contributed by atoms with Crippen LogP contribution in [0, 0.1) is 6.92 Å². The fourth-order valence-electron chi connectivity index (χ4n) is 1.61. The molecule has 3 N–H and O–H groups in total. The molecular formula is C12H11BrClN3O2S. The van der Waals surface area contributed by atoms with Crippen molar-refractivity contribution in [1.29, 1.82) is 0 Å². The molecule has 1 heterocycles. The summed E-state index contributed by atoms with van der Waals surface area (Å²) in [6, 6.07) is 6.03. The molecule has 0 unspecified atom stereocenters. The summed E-state index contributed by atoms with van der Waals surface area (Å²) in [5.74, 6) is 0.151. The number of rotatable bonds is 3. The van der Waals surface area contributed by atoms with E-state index in [9.17, 15) is 8.42 Å². The van der Waals surface area contributed by atoms with Crippen molar-refractivity contribution < 1.29 is 8.42 Å². The van der Waals surface area contributed by atoms with Gasteiger partial charge in [-0.1, -0.05) is 11.6 Å². The van der Waals surface area contributed by atoms with Crippen LogP contribution in [0.4, 0.5) is 11.5 Å². The zero-order valence-corrected chi connectivity index (χ0v) is 13.6. The number of nitrogen functional groups attached to an aromatic ring is 1. The summed E-state index contributed by atoms with van der Waals surface area (Å²) < 4.78 is 27.7. The number of nitrogens with one attached hydrogen (secondary N) is 1. The number of aromatic nitrogens is 1. The molecule has 0 bridgehead atoms. The number of pyridine rings is 1. The lowest BCUT2D eigenvalue weighted by Crippen LogP contribution is -2.15. The molecule has 2 rings (SSSR count). The maximum atomic E-state index is 12.3. The zero-order valence-electron chi connectivity index (χ0n) is 10.4. The molecule has 0 atom stereocenters. The maximum Gasteiger partial charge on any atom is 0.263 e. The molecule has 0 radical (unpaired) electrons. The van der Waals surface area contributed by atoms with Gasteiger partial charge in [0.25, 0.3) is 10.0 Å². The number of nitrogens with zero attached hydrogens (tertiary/aromatic N) is 1. The first-order chi connectivity index (χ1) is 9.29. The van der Waals surface area contributed by atoms with Crippen LogP contribution < -0.4 is 10.5 Å². The van der Waals surface area contributed by atoms with Crippen LogP contribution in [-0.2, 0) is 10.0 Å². The fraction of sp³-hybridized carbons (Fsp3) is 0.0833. The van der Waals surface area contributed by atoms with Gasteiger partial charge in [0, 0.05) is 27.4 Å². The molecule has 20 heavy (non-hydrogen) atoms. The van der Waals surface area contributed by atoms with Crippen molar-refractivity contribution in [2.45, 2.75) is 11.8 Å². The summed E-state index contributed by atoms with van der Waals surface area (Å²) in [5, 5.41) is 0.393. The molecule has 0 spiro atoms. The van der Waals surface area contributed by atoms with Gasteiger partial charge in [0.2, 0.25) is 0 Å². The number of aryl methyl sites for hydroxylation is 1. The van der Waals surface area contributed by atoms with E-state index in [-0.39, 0.29) is 10.7 Å². The Kier molecular flexibility index (Phi) is 4.22. The van der Waals surface area contributed by atoms with Gasteiger partial charge in [-0.2, -0.15) is 0 Å². The van der Waals surface area contributed by atoms with Crippen LogP contribution in [0.3, 0.4) is 0 Å². The SMILES string of the molecule is Cc1cc(Br)c(N)cc1S(=O)(=O)Nc1cc(Cl)ccn1. The quantitative estimate of drug-likeness (QED) is 0.806. The van der Waals surface area contributed by atoms with Gasteiger partial charge in [0.05, 0.1) is 4.90 Å². The summed E-state index contributed by atoms with van der Waals surface area (Å²) in [7, 11) is -3.77. The highest BCUT2D eigenvalue weighted by Crippen LogP contribution is 2.27. The number of nitrogens with two attached hydrogens (primary N) is 1. The zero-order chi connectivity index (χ0) is 14.9. The van der Waals surface area contributed by atoms with E-state index < -0.39 is 10.0 Å². The Labute approximate surface area is 130 Å². The number of sulfonamides is 1. The molecule has 0 aliphatic rings. The molecule has 5 nitrogen and oxygen atoms in total. The van der Waals surface area contributed by atoms with E-state index in [1.54, 1.807) is 19.1 Å². The highest BCUT2D eigenvalue weighted by atomic mass is 79.9. The smallest absolute Gasteiger partial charge is 0.263 e. The molecular weight excluding hydrogens is 366 g/mol. The van der Waals surface area contributed by atoms with E-state index in [0.717, 1.165) is 0 Å². The Morgan fingerprint density at radius 1 is 1.35 bits per heavy atom. The molecule has 0 aliphatic carbocycles. The second kappa shape index (κ2) is 5.59. The lowest BCUT2D eigenvalue weighted by molar-refractivity contribution is 0.600. The molecule has 0 saturated carbocycles. The average molecular weight is 377 g/mol. The second-order valence-electron chi connectivity index (χ2n) is 4.10. The Morgan fingerprint density at radius 3 is 2.70 bits per heavy atom. The lowest BCUT2D eigenvalue weighted by atomic mass is 10.2. The summed E-state index contributed by atoms with van der Waals surface area (Å²) in [6.07, 6.45) is 1.42. The van der Waals surface area contributed by atoms with Gasteiger partial charge in [0.1, 0.15) is 5.82 Å². The molecule has 1 aromatic carbocycles. The Hall–Kier alpha value is -1.31. The van der Waals surface area contributed by atoms with Crippen LogP contribution in [0.2, 0.25) is 5.02 Å². The van der Waals surface area contributed by atoms with E-state index in [4.69, 9.17) is 17.3 Å². The van der Waals surface area contributed by atoms with E-state index in [1.165, 1.54) is 18.3 Å². The summed E-state index contributed by atoms with van der Waals surface area (Å²) in [6.45, 7) is 1.68. The molecule has 0 fully saturated rings. The third-order valence-corrected chi connectivity index (χ3v) is 4.96. The van der Waals surface area contributed by atoms with Gasteiger partial charge in [-0.15, -0.1) is 0 Å². The number of anilines is 2. The monoisotopic (exact) mass is 375 g/mol. The fourth-order valence-corrected chi connectivity index (χ4v) is 3.49. The minimum absolute atomic E-state index is 0.0972. The molecule has 0 aliphatic heterocycles.